The first kappa shape index (κ1) is 10.0. The van der Waals surface area contributed by atoms with E-state index in [1.54, 1.807) is 0 Å². The Kier molecular flexibility index (Phi) is 3.13. The van der Waals surface area contributed by atoms with Crippen LogP contribution in [0, 0.1) is 0 Å². The molecular formula is C10H21NO. The summed E-state index contributed by atoms with van der Waals surface area (Å²) in [5.74, 6) is 0. The molecule has 0 spiro atoms. The third-order valence-electron chi connectivity index (χ3n) is 2.84. The number of hydrogen-bond acceptors (Lipinski definition) is 2. The molecule has 2 atom stereocenters. The van der Waals surface area contributed by atoms with E-state index >= 15 is 0 Å². The van der Waals surface area contributed by atoms with Crippen LogP contribution in [0.3, 0.4) is 0 Å². The maximum atomic E-state index is 9.52. The van der Waals surface area contributed by atoms with Crippen LogP contribution in [0.15, 0.2) is 0 Å². The first-order valence-electron chi connectivity index (χ1n) is 4.98. The fourth-order valence-corrected chi connectivity index (χ4v) is 2.58. The quantitative estimate of drug-likeness (QED) is 0.648. The molecular weight excluding hydrogens is 150 g/mol. The minimum absolute atomic E-state index is 0.0787. The second-order valence-corrected chi connectivity index (χ2v) is 4.36. The molecule has 0 bridgehead atoms. The molecule has 0 aromatic carbocycles. The second kappa shape index (κ2) is 3.75. The molecule has 1 fully saturated rings. The highest BCUT2D eigenvalue weighted by molar-refractivity contribution is 4.85. The Bertz CT molecular complexity index is 135. The van der Waals surface area contributed by atoms with Crippen LogP contribution in [0.4, 0.5) is 0 Å². The van der Waals surface area contributed by atoms with Crippen molar-refractivity contribution in [3.63, 3.8) is 0 Å². The molecule has 2 unspecified atom stereocenters. The van der Waals surface area contributed by atoms with Gasteiger partial charge in [0, 0.05) is 18.1 Å². The predicted molar refractivity (Wildman–Crippen MR) is 51.1 cm³/mol. The van der Waals surface area contributed by atoms with Gasteiger partial charge in [-0.25, -0.2) is 0 Å². The SMILES string of the molecule is CC(C)N1C(C)CC(O)CC1C. The molecule has 2 nitrogen and oxygen atoms in total. The molecule has 12 heavy (non-hydrogen) atoms. The number of piperidine rings is 1. The monoisotopic (exact) mass is 171 g/mol. The molecule has 1 aliphatic rings. The van der Waals surface area contributed by atoms with Crippen LogP contribution < -0.4 is 0 Å². The normalized spacial score (nSPS) is 39.0. The fraction of sp³-hybridized carbons (Fsp3) is 1.00. The number of likely N-dealkylation sites (tertiary alicyclic amines) is 1. The third-order valence-corrected chi connectivity index (χ3v) is 2.84. The minimum Gasteiger partial charge on any atom is -0.393 e. The van der Waals surface area contributed by atoms with E-state index in [0.717, 1.165) is 12.8 Å². The third kappa shape index (κ3) is 1.99. The first-order valence-corrected chi connectivity index (χ1v) is 4.98. The molecule has 1 N–H and O–H groups in total. The van der Waals surface area contributed by atoms with Crippen molar-refractivity contribution < 1.29 is 5.11 Å². The van der Waals surface area contributed by atoms with Gasteiger partial charge in [-0.15, -0.1) is 0 Å². The van der Waals surface area contributed by atoms with Crippen LogP contribution in [-0.4, -0.2) is 34.2 Å². The molecule has 1 aliphatic heterocycles. The van der Waals surface area contributed by atoms with Gasteiger partial charge >= 0.3 is 0 Å². The highest BCUT2D eigenvalue weighted by atomic mass is 16.3. The Morgan fingerprint density at radius 3 is 1.92 bits per heavy atom. The van der Waals surface area contributed by atoms with Crippen LogP contribution in [0.2, 0.25) is 0 Å². The average molecular weight is 171 g/mol. The summed E-state index contributed by atoms with van der Waals surface area (Å²) in [7, 11) is 0. The highest BCUT2D eigenvalue weighted by Crippen LogP contribution is 2.24. The summed E-state index contributed by atoms with van der Waals surface area (Å²) < 4.78 is 0. The van der Waals surface area contributed by atoms with Crippen molar-refractivity contribution in [2.24, 2.45) is 0 Å². The van der Waals surface area contributed by atoms with Gasteiger partial charge in [-0.05, 0) is 40.5 Å². The maximum Gasteiger partial charge on any atom is 0.0569 e. The zero-order chi connectivity index (χ0) is 9.30. The van der Waals surface area contributed by atoms with E-state index < -0.39 is 0 Å². The van der Waals surface area contributed by atoms with E-state index in [1.807, 2.05) is 0 Å². The van der Waals surface area contributed by atoms with Crippen molar-refractivity contribution in [2.45, 2.75) is 64.8 Å². The Morgan fingerprint density at radius 2 is 1.58 bits per heavy atom. The smallest absolute Gasteiger partial charge is 0.0569 e. The van der Waals surface area contributed by atoms with Gasteiger partial charge < -0.3 is 5.11 Å². The molecule has 0 saturated carbocycles. The lowest BCUT2D eigenvalue weighted by Gasteiger charge is -2.43. The molecule has 1 rings (SSSR count). The van der Waals surface area contributed by atoms with Crippen molar-refractivity contribution in [3.8, 4) is 0 Å². The number of hydrogen-bond donors (Lipinski definition) is 1. The van der Waals surface area contributed by atoms with Crippen LogP contribution >= 0.6 is 0 Å². The van der Waals surface area contributed by atoms with Crippen LogP contribution in [0.25, 0.3) is 0 Å². The molecule has 1 saturated heterocycles. The van der Waals surface area contributed by atoms with E-state index in [4.69, 9.17) is 0 Å². The summed E-state index contributed by atoms with van der Waals surface area (Å²) in [5.41, 5.74) is 0. The van der Waals surface area contributed by atoms with Crippen molar-refractivity contribution in [1.82, 2.24) is 4.90 Å². The van der Waals surface area contributed by atoms with E-state index in [9.17, 15) is 5.11 Å². The van der Waals surface area contributed by atoms with Crippen molar-refractivity contribution in [1.29, 1.82) is 0 Å². The molecule has 0 aromatic rings. The van der Waals surface area contributed by atoms with Crippen molar-refractivity contribution in [3.05, 3.63) is 0 Å². The van der Waals surface area contributed by atoms with Crippen LogP contribution in [-0.2, 0) is 0 Å². The molecule has 2 heteroatoms. The predicted octanol–water partition coefficient (Wildman–Crippen LogP) is 1.63. The Hall–Kier alpha value is -0.0800. The standard InChI is InChI=1S/C10H21NO/c1-7(2)11-8(3)5-10(12)6-9(11)4/h7-10,12H,5-6H2,1-4H3. The highest BCUT2D eigenvalue weighted by Gasteiger charge is 2.30. The van der Waals surface area contributed by atoms with Gasteiger partial charge in [-0.3, -0.25) is 4.90 Å². The molecule has 0 aromatic heterocycles. The molecule has 0 radical (unpaired) electrons. The maximum absolute atomic E-state index is 9.52. The van der Waals surface area contributed by atoms with E-state index in [2.05, 4.69) is 32.6 Å². The zero-order valence-electron chi connectivity index (χ0n) is 8.62. The lowest BCUT2D eigenvalue weighted by molar-refractivity contribution is -0.00378. The largest absolute Gasteiger partial charge is 0.393 e. The number of aliphatic hydroxyl groups is 1. The van der Waals surface area contributed by atoms with Gasteiger partial charge in [-0.1, -0.05) is 0 Å². The molecule has 1 heterocycles. The minimum atomic E-state index is -0.0787. The summed E-state index contributed by atoms with van der Waals surface area (Å²) in [4.78, 5) is 2.49. The number of aliphatic hydroxyl groups excluding tert-OH is 1. The Balaban J connectivity index is 2.60. The lowest BCUT2D eigenvalue weighted by Crippen LogP contribution is -2.51. The topological polar surface area (TPSA) is 23.5 Å². The van der Waals surface area contributed by atoms with Crippen molar-refractivity contribution >= 4 is 0 Å². The van der Waals surface area contributed by atoms with E-state index in [-0.39, 0.29) is 6.10 Å². The molecule has 0 amide bonds. The van der Waals surface area contributed by atoms with Gasteiger partial charge in [0.05, 0.1) is 6.10 Å². The zero-order valence-corrected chi connectivity index (χ0v) is 8.62. The first-order chi connectivity index (χ1) is 5.52. The summed E-state index contributed by atoms with van der Waals surface area (Å²) in [6.07, 6.45) is 1.79. The van der Waals surface area contributed by atoms with E-state index in [1.165, 1.54) is 0 Å². The van der Waals surface area contributed by atoms with Gasteiger partial charge in [0.15, 0.2) is 0 Å². The summed E-state index contributed by atoms with van der Waals surface area (Å²) in [5, 5.41) is 9.52. The van der Waals surface area contributed by atoms with Crippen LogP contribution in [0.1, 0.15) is 40.5 Å². The number of rotatable bonds is 1. The lowest BCUT2D eigenvalue weighted by atomic mass is 9.93. The van der Waals surface area contributed by atoms with Gasteiger partial charge in [0.1, 0.15) is 0 Å². The van der Waals surface area contributed by atoms with Crippen molar-refractivity contribution in [2.75, 3.05) is 0 Å². The van der Waals surface area contributed by atoms with Crippen LogP contribution in [0.5, 0.6) is 0 Å². The fourth-order valence-electron chi connectivity index (χ4n) is 2.58. The Morgan fingerprint density at radius 1 is 1.17 bits per heavy atom. The van der Waals surface area contributed by atoms with Gasteiger partial charge in [0.25, 0.3) is 0 Å². The number of nitrogens with zero attached hydrogens (tertiary/aromatic N) is 1. The van der Waals surface area contributed by atoms with Gasteiger partial charge in [0.2, 0.25) is 0 Å². The summed E-state index contributed by atoms with van der Waals surface area (Å²) >= 11 is 0. The van der Waals surface area contributed by atoms with Gasteiger partial charge in [-0.2, -0.15) is 0 Å². The van der Waals surface area contributed by atoms with E-state index in [0.29, 0.717) is 18.1 Å². The average Bonchev–Trinajstić information content (AvgIpc) is 1.82. The molecule has 72 valence electrons. The Labute approximate surface area is 75.6 Å². The molecule has 0 aliphatic carbocycles. The summed E-state index contributed by atoms with van der Waals surface area (Å²) in [6.45, 7) is 8.87. The summed E-state index contributed by atoms with van der Waals surface area (Å²) in [6, 6.07) is 1.66. The second-order valence-electron chi connectivity index (χ2n) is 4.36.